The molecular formula is C83H104Cl2N2O15. The van der Waals surface area contributed by atoms with Crippen LogP contribution in [0.15, 0.2) is 89.8 Å². The molecule has 550 valence electrons. The van der Waals surface area contributed by atoms with Crippen LogP contribution in [0, 0.1) is 65.2 Å². The summed E-state index contributed by atoms with van der Waals surface area (Å²) in [5.74, 6) is 0.177. The Kier molecular flexibility index (Phi) is 24.4. The highest BCUT2D eigenvalue weighted by atomic mass is 35.5. The summed E-state index contributed by atoms with van der Waals surface area (Å²) in [4.78, 5) is 88.8. The van der Waals surface area contributed by atoms with Crippen LogP contribution in [0.25, 0.3) is 22.3 Å². The van der Waals surface area contributed by atoms with Gasteiger partial charge in [0.05, 0.1) is 51.8 Å². The van der Waals surface area contributed by atoms with Crippen LogP contribution in [-0.4, -0.2) is 89.1 Å². The van der Waals surface area contributed by atoms with Crippen LogP contribution in [0.5, 0.6) is 0 Å². The second kappa shape index (κ2) is 31.7. The predicted molar refractivity (Wildman–Crippen MR) is 396 cm³/mol. The number of carbonyl (C=O) groups is 7. The highest BCUT2D eigenvalue weighted by Crippen LogP contribution is 2.52. The fourth-order valence-electron chi connectivity index (χ4n) is 15.4. The lowest BCUT2D eigenvalue weighted by molar-refractivity contribution is -0.160. The van der Waals surface area contributed by atoms with Gasteiger partial charge in [-0.25, -0.2) is 14.4 Å². The molecule has 4 heterocycles. The molecule has 0 unspecified atom stereocenters. The van der Waals surface area contributed by atoms with Crippen molar-refractivity contribution in [3.63, 3.8) is 0 Å². The minimum atomic E-state index is -0.882. The molecule has 0 atom stereocenters. The average Bonchev–Trinajstić information content (AvgIpc) is 1.61. The van der Waals surface area contributed by atoms with Crippen molar-refractivity contribution in [2.75, 3.05) is 13.7 Å². The van der Waals surface area contributed by atoms with E-state index in [4.69, 9.17) is 56.4 Å². The molecule has 0 bridgehead atoms. The highest BCUT2D eigenvalue weighted by molar-refractivity contribution is 6.37. The summed E-state index contributed by atoms with van der Waals surface area (Å²) in [6.07, 6.45) is 14.4. The summed E-state index contributed by atoms with van der Waals surface area (Å²) in [7, 11) is 1.70. The van der Waals surface area contributed by atoms with Crippen molar-refractivity contribution < 1.29 is 71.8 Å². The number of carbonyl (C=O) groups excluding carboxylic acids is 7. The van der Waals surface area contributed by atoms with Gasteiger partial charge in [0.15, 0.2) is 22.7 Å². The fourth-order valence-corrected chi connectivity index (χ4v) is 15.9. The third-order valence-corrected chi connectivity index (χ3v) is 22.1. The van der Waals surface area contributed by atoms with E-state index in [0.717, 1.165) is 126 Å². The maximum Gasteiger partial charge on any atom is 0.513 e. The molecule has 12 rings (SSSR count). The number of halogens is 2. The number of hydrogen-bond donors (Lipinski definition) is 3. The molecule has 2 amide bonds. The molecule has 102 heavy (non-hydrogen) atoms. The first kappa shape index (κ1) is 78.4. The summed E-state index contributed by atoms with van der Waals surface area (Å²) in [6.45, 7) is 29.7. The van der Waals surface area contributed by atoms with Crippen molar-refractivity contribution in [1.29, 1.82) is 0 Å². The lowest BCUT2D eigenvalue weighted by atomic mass is 9.76. The molecule has 0 saturated heterocycles. The van der Waals surface area contributed by atoms with Gasteiger partial charge in [-0.3, -0.25) is 19.2 Å². The number of amides is 2. The zero-order valence-corrected chi connectivity index (χ0v) is 64.1. The van der Waals surface area contributed by atoms with E-state index in [1.165, 1.54) is 0 Å². The summed E-state index contributed by atoms with van der Waals surface area (Å²) >= 11 is 12.4. The quantitative estimate of drug-likeness (QED) is 0.0885. The Labute approximate surface area is 612 Å². The van der Waals surface area contributed by atoms with Gasteiger partial charge >= 0.3 is 30.0 Å². The Balaban J connectivity index is 0.000000159. The number of methoxy groups -OCH3 is 1. The Hall–Kier alpha value is -7.73. The summed E-state index contributed by atoms with van der Waals surface area (Å²) in [6, 6.07) is 21.0. The van der Waals surface area contributed by atoms with Gasteiger partial charge in [0, 0.05) is 17.7 Å². The van der Waals surface area contributed by atoms with Crippen molar-refractivity contribution in [1.82, 2.24) is 10.6 Å². The molecule has 4 aliphatic carbocycles. The van der Waals surface area contributed by atoms with Crippen LogP contribution in [0.1, 0.15) is 239 Å². The first-order chi connectivity index (χ1) is 48.0. The van der Waals surface area contributed by atoms with E-state index in [0.29, 0.717) is 107 Å². The van der Waals surface area contributed by atoms with Crippen LogP contribution in [0.3, 0.4) is 0 Å². The molecule has 4 aromatic rings. The van der Waals surface area contributed by atoms with Crippen molar-refractivity contribution in [3.8, 4) is 0 Å². The number of aliphatic hydroxyl groups excluding tert-OH is 1. The topological polar surface area (TPSA) is 228 Å². The van der Waals surface area contributed by atoms with Crippen LogP contribution in [0.4, 0.5) is 4.79 Å². The highest BCUT2D eigenvalue weighted by Gasteiger charge is 2.55. The van der Waals surface area contributed by atoms with E-state index >= 15 is 0 Å². The number of nitrogens with one attached hydrogen (secondary N) is 2. The van der Waals surface area contributed by atoms with Crippen molar-refractivity contribution in [2.24, 2.45) is 16.7 Å². The first-order valence-electron chi connectivity index (χ1n) is 36.3. The lowest BCUT2D eigenvalue weighted by Crippen LogP contribution is -2.49. The fraction of sp³-hybridized carbons (Fsp3) is 0.530. The predicted octanol–water partition coefficient (Wildman–Crippen LogP) is 18.4. The summed E-state index contributed by atoms with van der Waals surface area (Å²) in [5, 5.41) is 17.8. The molecule has 4 aromatic carbocycles. The molecule has 4 aliphatic heterocycles. The Morgan fingerprint density at radius 3 is 1.58 bits per heavy atom. The third kappa shape index (κ3) is 16.9. The number of aliphatic hydroxyl groups is 1. The van der Waals surface area contributed by atoms with Crippen molar-refractivity contribution in [2.45, 2.75) is 254 Å². The average molecular weight is 1440 g/mol. The monoisotopic (exact) mass is 1440 g/mol. The normalized spacial score (nSPS) is 22.7. The van der Waals surface area contributed by atoms with Crippen LogP contribution < -0.4 is 10.6 Å². The SMILES string of the molecule is CCC(C)(C)C(=O)OC1=C(c2ccc(Cl)cc2Cl)C(=O)OC12CCCCC2.CCOC(=O)OC1=C(c2cc(C)ccc2C)C(=O)NC12CCC(OC)CC2.Cc1cc(C)c(C2=C(OC(=O)CC(C)(C)C)C3(CCCC3)OC2=O)c(C)c1.Cc1ccc(C)c(C2=C(O)C3(CCC(C)CC3)NC2=O)c1. The molecule has 4 spiro atoms. The zero-order chi connectivity index (χ0) is 74.6. The number of hydrogen-bond acceptors (Lipinski definition) is 15. The zero-order valence-electron chi connectivity index (χ0n) is 62.6. The van der Waals surface area contributed by atoms with Gasteiger partial charge in [-0.05, 0) is 241 Å². The summed E-state index contributed by atoms with van der Waals surface area (Å²) < 4.78 is 39.6. The van der Waals surface area contributed by atoms with Crippen molar-refractivity contribution >= 4 is 87.3 Å². The smallest absolute Gasteiger partial charge is 0.509 e. The Bertz CT molecular complexity index is 4040. The molecular weight excluding hydrogens is 1340 g/mol. The molecule has 0 radical (unpaired) electrons. The van der Waals surface area contributed by atoms with Crippen LogP contribution >= 0.6 is 23.2 Å². The van der Waals surface area contributed by atoms with Crippen LogP contribution in [-0.2, 0) is 61.9 Å². The van der Waals surface area contributed by atoms with Gasteiger partial charge in [-0.15, -0.1) is 0 Å². The molecule has 17 nitrogen and oxygen atoms in total. The second-order valence-corrected chi connectivity index (χ2v) is 32.1. The lowest BCUT2D eigenvalue weighted by Gasteiger charge is -2.37. The number of benzene rings is 4. The second-order valence-electron chi connectivity index (χ2n) is 31.2. The summed E-state index contributed by atoms with van der Waals surface area (Å²) in [5.41, 5.74) is 8.10. The maximum atomic E-state index is 13.0. The minimum absolute atomic E-state index is 0.129. The Morgan fingerprint density at radius 1 is 0.559 bits per heavy atom. The molecule has 4 saturated carbocycles. The van der Waals surface area contributed by atoms with E-state index in [9.17, 15) is 38.7 Å². The van der Waals surface area contributed by atoms with E-state index < -0.39 is 39.8 Å². The van der Waals surface area contributed by atoms with Gasteiger partial charge in [0.1, 0.15) is 22.7 Å². The number of rotatable bonds is 12. The molecule has 8 aliphatic rings. The van der Waals surface area contributed by atoms with Crippen LogP contribution in [0.2, 0.25) is 10.0 Å². The largest absolute Gasteiger partial charge is 0.513 e. The van der Waals surface area contributed by atoms with Gasteiger partial charge < -0.3 is 48.9 Å². The van der Waals surface area contributed by atoms with E-state index in [1.54, 1.807) is 32.2 Å². The Morgan fingerprint density at radius 2 is 1.06 bits per heavy atom. The standard InChI is InChI=1S/C23H30O4.C21H24Cl2O4.C21H27NO5.C18H23NO2/c1-14-11-15(2)18(16(3)12-14)19-20(26-17(24)13-22(4,5)6)23(27-21(19)25)9-7-8-10-23;1-4-20(2,3)19(25)26-17-16(14-9-8-13(22)12-15(14)23)18(24)27-21(17)10-6-5-7-11-21;1-5-26-20(24)27-18-17(16-12-13(2)6-7-14(16)3)19(23)22-21(18)10-8-15(25-4)9-11-21;1-11-6-8-18(9-7-11)16(20)15(17(21)19-18)14-10-12(2)4-5-13(14)3/h11-12H,7-10,13H2,1-6H3;8-9,12H,4-7,10-11H2,1-3H3;6-7,12,15H,5,8-11H2,1-4H3,(H,22,23);4-5,10-11,20H,6-9H2,1-3H3,(H,19,21). The van der Waals surface area contributed by atoms with E-state index in [-0.39, 0.29) is 59.2 Å². The molecule has 3 N–H and O–H groups in total. The third-order valence-electron chi connectivity index (χ3n) is 21.5. The molecule has 19 heteroatoms. The number of aryl methyl sites for hydroxylation is 7. The van der Waals surface area contributed by atoms with E-state index in [1.807, 2.05) is 126 Å². The number of ether oxygens (including phenoxy) is 7. The molecule has 0 aromatic heterocycles. The van der Waals surface area contributed by atoms with Gasteiger partial charge in [-0.1, -0.05) is 136 Å². The van der Waals surface area contributed by atoms with Gasteiger partial charge in [-0.2, -0.15) is 0 Å². The van der Waals surface area contributed by atoms with Crippen molar-refractivity contribution in [3.05, 3.63) is 161 Å². The number of esters is 4. The van der Waals surface area contributed by atoms with Gasteiger partial charge in [0.25, 0.3) is 11.8 Å². The minimum Gasteiger partial charge on any atom is -0.509 e. The van der Waals surface area contributed by atoms with E-state index in [2.05, 4.69) is 29.7 Å². The molecule has 4 fully saturated rings. The first-order valence-corrected chi connectivity index (χ1v) is 37.1. The van der Waals surface area contributed by atoms with Gasteiger partial charge in [0.2, 0.25) is 0 Å². The maximum absolute atomic E-state index is 13.0.